The zero-order chi connectivity index (χ0) is 21.8. The van der Waals surface area contributed by atoms with E-state index in [9.17, 15) is 4.79 Å². The zero-order valence-electron chi connectivity index (χ0n) is 17.6. The van der Waals surface area contributed by atoms with Crippen LogP contribution < -0.4 is 14.8 Å². The first-order valence-electron chi connectivity index (χ1n) is 10.2. The second-order valence-electron chi connectivity index (χ2n) is 7.47. The van der Waals surface area contributed by atoms with Crippen LogP contribution in [0.2, 0.25) is 0 Å². The minimum absolute atomic E-state index is 0.0447. The number of fused-ring (bicyclic) bond motifs is 1. The molecular formula is C25H25BrN2O3. The molecule has 0 fully saturated rings. The summed E-state index contributed by atoms with van der Waals surface area (Å²) in [5.41, 5.74) is 4.27. The van der Waals surface area contributed by atoms with Gasteiger partial charge in [0.1, 0.15) is 0 Å². The average molecular weight is 481 g/mol. The number of rotatable bonds is 6. The Morgan fingerprint density at radius 1 is 1.03 bits per heavy atom. The summed E-state index contributed by atoms with van der Waals surface area (Å²) in [6, 6.07) is 22.0. The lowest BCUT2D eigenvalue weighted by Gasteiger charge is -2.37. The molecule has 0 unspecified atom stereocenters. The third-order valence-corrected chi connectivity index (χ3v) is 6.27. The van der Waals surface area contributed by atoms with Gasteiger partial charge in [0.2, 0.25) is 5.91 Å². The van der Waals surface area contributed by atoms with Crippen LogP contribution in [0.5, 0.6) is 11.5 Å². The molecule has 1 atom stereocenters. The number of hydrogen-bond donors (Lipinski definition) is 1. The van der Waals surface area contributed by atoms with Crippen molar-refractivity contribution in [1.82, 2.24) is 4.90 Å². The largest absolute Gasteiger partial charge is 0.493 e. The maximum atomic E-state index is 12.9. The van der Waals surface area contributed by atoms with Gasteiger partial charge in [-0.3, -0.25) is 9.69 Å². The van der Waals surface area contributed by atoms with Crippen LogP contribution in [0.4, 0.5) is 5.69 Å². The molecule has 1 amide bonds. The lowest BCUT2D eigenvalue weighted by molar-refractivity contribution is -0.117. The predicted octanol–water partition coefficient (Wildman–Crippen LogP) is 5.05. The fraction of sp³-hybridized carbons (Fsp3) is 0.240. The van der Waals surface area contributed by atoms with Crippen LogP contribution in [-0.4, -0.2) is 38.1 Å². The summed E-state index contributed by atoms with van der Waals surface area (Å²) in [5.74, 6) is 1.38. The number of methoxy groups -OCH3 is 2. The molecule has 3 aromatic carbocycles. The number of carbonyl (C=O) groups excluding carboxylic acids is 1. The van der Waals surface area contributed by atoms with Gasteiger partial charge in [0.15, 0.2) is 11.5 Å². The van der Waals surface area contributed by atoms with Crippen LogP contribution in [0.25, 0.3) is 0 Å². The number of halogens is 1. The van der Waals surface area contributed by atoms with Crippen molar-refractivity contribution in [1.29, 1.82) is 0 Å². The van der Waals surface area contributed by atoms with E-state index in [1.54, 1.807) is 14.2 Å². The normalized spacial score (nSPS) is 15.8. The third kappa shape index (κ3) is 4.60. The molecule has 0 spiro atoms. The van der Waals surface area contributed by atoms with Crippen molar-refractivity contribution in [3.8, 4) is 11.5 Å². The van der Waals surface area contributed by atoms with E-state index in [-0.39, 0.29) is 18.5 Å². The maximum absolute atomic E-state index is 12.9. The van der Waals surface area contributed by atoms with E-state index < -0.39 is 0 Å². The third-order valence-electron chi connectivity index (χ3n) is 5.58. The Balaban J connectivity index is 1.66. The van der Waals surface area contributed by atoms with E-state index in [1.165, 1.54) is 5.56 Å². The molecule has 0 radical (unpaired) electrons. The number of amides is 1. The summed E-state index contributed by atoms with van der Waals surface area (Å²) in [5, 5.41) is 3.02. The number of ether oxygens (including phenoxy) is 2. The second-order valence-corrected chi connectivity index (χ2v) is 8.32. The van der Waals surface area contributed by atoms with Crippen molar-refractivity contribution in [2.45, 2.75) is 12.5 Å². The maximum Gasteiger partial charge on any atom is 0.238 e. The minimum Gasteiger partial charge on any atom is -0.493 e. The standard InChI is InChI=1S/C25H25BrN2O3/c1-30-22-14-18-12-13-28(16-24(29)27-21-11-7-6-10-20(21)26)25(17-8-4-3-5-9-17)19(18)15-23(22)31-2/h3-11,14-15,25H,12-13,16H2,1-2H3,(H,27,29)/t25-/m1/s1. The summed E-state index contributed by atoms with van der Waals surface area (Å²) in [4.78, 5) is 15.1. The number of anilines is 1. The molecule has 0 bridgehead atoms. The van der Waals surface area contributed by atoms with Crippen LogP contribution in [0.3, 0.4) is 0 Å². The summed E-state index contributed by atoms with van der Waals surface area (Å²) >= 11 is 3.50. The van der Waals surface area contributed by atoms with Crippen molar-refractivity contribution in [2.24, 2.45) is 0 Å². The van der Waals surface area contributed by atoms with E-state index in [4.69, 9.17) is 9.47 Å². The topological polar surface area (TPSA) is 50.8 Å². The highest BCUT2D eigenvalue weighted by atomic mass is 79.9. The molecular weight excluding hydrogens is 456 g/mol. The molecule has 0 saturated heterocycles. The van der Waals surface area contributed by atoms with E-state index in [2.05, 4.69) is 44.3 Å². The number of para-hydroxylation sites is 1. The number of nitrogens with one attached hydrogen (secondary N) is 1. The smallest absolute Gasteiger partial charge is 0.238 e. The quantitative estimate of drug-likeness (QED) is 0.536. The monoisotopic (exact) mass is 480 g/mol. The SMILES string of the molecule is COc1cc2c(cc1OC)[C@@H](c1ccccc1)N(CC(=O)Nc1ccccc1Br)CC2. The molecule has 4 rings (SSSR count). The first kappa shape index (κ1) is 21.4. The van der Waals surface area contributed by atoms with Gasteiger partial charge in [0.05, 0.1) is 32.5 Å². The van der Waals surface area contributed by atoms with Gasteiger partial charge in [-0.05, 0) is 63.3 Å². The summed E-state index contributed by atoms with van der Waals surface area (Å²) < 4.78 is 11.9. The van der Waals surface area contributed by atoms with Gasteiger partial charge in [0.25, 0.3) is 0 Å². The van der Waals surface area contributed by atoms with Gasteiger partial charge in [-0.2, -0.15) is 0 Å². The van der Waals surface area contributed by atoms with E-state index >= 15 is 0 Å². The van der Waals surface area contributed by atoms with E-state index in [1.807, 2.05) is 48.5 Å². The van der Waals surface area contributed by atoms with Crippen LogP contribution in [0, 0.1) is 0 Å². The van der Waals surface area contributed by atoms with Crippen LogP contribution in [-0.2, 0) is 11.2 Å². The van der Waals surface area contributed by atoms with Gasteiger partial charge in [-0.15, -0.1) is 0 Å². The Kier molecular flexibility index (Phi) is 6.59. The summed E-state index contributed by atoms with van der Waals surface area (Å²) in [7, 11) is 3.30. The van der Waals surface area contributed by atoms with Gasteiger partial charge in [-0.1, -0.05) is 42.5 Å². The average Bonchev–Trinajstić information content (AvgIpc) is 2.80. The lowest BCUT2D eigenvalue weighted by atomic mass is 9.87. The highest BCUT2D eigenvalue weighted by Crippen LogP contribution is 2.40. The van der Waals surface area contributed by atoms with Crippen LogP contribution in [0.1, 0.15) is 22.7 Å². The van der Waals surface area contributed by atoms with Crippen molar-refractivity contribution < 1.29 is 14.3 Å². The van der Waals surface area contributed by atoms with Gasteiger partial charge in [0, 0.05) is 11.0 Å². The Morgan fingerprint density at radius 3 is 2.42 bits per heavy atom. The summed E-state index contributed by atoms with van der Waals surface area (Å²) in [6.07, 6.45) is 0.835. The summed E-state index contributed by atoms with van der Waals surface area (Å²) in [6.45, 7) is 1.06. The minimum atomic E-state index is -0.0466. The fourth-order valence-electron chi connectivity index (χ4n) is 4.13. The Bertz CT molecular complexity index is 1070. The van der Waals surface area contributed by atoms with Crippen molar-refractivity contribution >= 4 is 27.5 Å². The molecule has 0 aliphatic carbocycles. The number of benzene rings is 3. The first-order valence-corrected chi connectivity index (χ1v) is 11.0. The zero-order valence-corrected chi connectivity index (χ0v) is 19.2. The van der Waals surface area contributed by atoms with Gasteiger partial charge in [-0.25, -0.2) is 0 Å². The number of hydrogen-bond acceptors (Lipinski definition) is 4. The molecule has 160 valence electrons. The van der Waals surface area contributed by atoms with Gasteiger partial charge < -0.3 is 14.8 Å². The molecule has 0 saturated carbocycles. The molecule has 1 N–H and O–H groups in total. The van der Waals surface area contributed by atoms with Crippen molar-refractivity contribution in [3.63, 3.8) is 0 Å². The first-order chi connectivity index (χ1) is 15.1. The van der Waals surface area contributed by atoms with Crippen LogP contribution in [0.15, 0.2) is 71.2 Å². The molecule has 5 nitrogen and oxygen atoms in total. The molecule has 1 aliphatic heterocycles. The Labute approximate surface area is 191 Å². The fourth-order valence-corrected chi connectivity index (χ4v) is 4.51. The predicted molar refractivity (Wildman–Crippen MR) is 126 cm³/mol. The van der Waals surface area contributed by atoms with Crippen molar-refractivity contribution in [3.05, 3.63) is 87.9 Å². The number of carbonyl (C=O) groups is 1. The number of nitrogens with zero attached hydrogens (tertiary/aromatic N) is 1. The van der Waals surface area contributed by atoms with Crippen molar-refractivity contribution in [2.75, 3.05) is 32.6 Å². The molecule has 0 aromatic heterocycles. The molecule has 6 heteroatoms. The van der Waals surface area contributed by atoms with Gasteiger partial charge >= 0.3 is 0 Å². The molecule has 31 heavy (non-hydrogen) atoms. The molecule has 1 aliphatic rings. The van der Waals surface area contributed by atoms with E-state index in [0.29, 0.717) is 5.75 Å². The molecule has 3 aromatic rings. The Hall–Kier alpha value is -2.83. The highest BCUT2D eigenvalue weighted by molar-refractivity contribution is 9.10. The second kappa shape index (κ2) is 9.54. The van der Waals surface area contributed by atoms with Crippen LogP contribution >= 0.6 is 15.9 Å². The van der Waals surface area contributed by atoms with E-state index in [0.717, 1.165) is 40.0 Å². The Morgan fingerprint density at radius 2 is 1.71 bits per heavy atom. The molecule has 1 heterocycles. The highest BCUT2D eigenvalue weighted by Gasteiger charge is 2.31. The lowest BCUT2D eigenvalue weighted by Crippen LogP contribution is -2.41.